The molecule has 0 unspecified atom stereocenters. The van der Waals surface area contributed by atoms with Gasteiger partial charge in [-0.3, -0.25) is 0 Å². The quantitative estimate of drug-likeness (QED) is 0.615. The van der Waals surface area contributed by atoms with Gasteiger partial charge in [-0.1, -0.05) is 12.2 Å². The zero-order valence-electron chi connectivity index (χ0n) is 4.97. The van der Waals surface area contributed by atoms with Crippen LogP contribution in [0.2, 0.25) is 0 Å². The Labute approximate surface area is 63.1 Å². The van der Waals surface area contributed by atoms with Crippen LogP contribution >= 0.6 is 15.9 Å². The van der Waals surface area contributed by atoms with E-state index in [-0.39, 0.29) is 0 Å². The first-order valence-electron chi connectivity index (χ1n) is 2.79. The Kier molecular flexibility index (Phi) is 2.11. The molecule has 9 heavy (non-hydrogen) atoms. The van der Waals surface area contributed by atoms with Gasteiger partial charge in [0.15, 0.2) is 0 Å². The molecule has 2 N–H and O–H groups in total. The van der Waals surface area contributed by atoms with Crippen molar-refractivity contribution < 1.29 is 0 Å². The Hall–Kier alpha value is -0.500. The van der Waals surface area contributed by atoms with E-state index in [1.165, 1.54) is 0 Å². The molecule has 0 saturated carbocycles. The molecule has 0 radical (unpaired) electrons. The number of rotatable bonds is 0. The van der Waals surface area contributed by atoms with Gasteiger partial charge in [-0.15, -0.1) is 0 Å². The zero-order chi connectivity index (χ0) is 6.69. The van der Waals surface area contributed by atoms with Crippen molar-refractivity contribution in [1.29, 1.82) is 0 Å². The van der Waals surface area contributed by atoms with E-state index >= 15 is 0 Å². The molecule has 0 aliphatic heterocycles. The SMILES string of the molecule is NC1=C(Br)C=CCC=C1. The summed E-state index contributed by atoms with van der Waals surface area (Å²) >= 11 is 3.32. The van der Waals surface area contributed by atoms with Crippen LogP contribution in [0.1, 0.15) is 6.42 Å². The lowest BCUT2D eigenvalue weighted by atomic mass is 10.4. The molecule has 48 valence electrons. The van der Waals surface area contributed by atoms with Crippen molar-refractivity contribution in [1.82, 2.24) is 0 Å². The van der Waals surface area contributed by atoms with Crippen LogP contribution in [0, 0.1) is 0 Å². The minimum absolute atomic E-state index is 0.795. The van der Waals surface area contributed by atoms with Crippen LogP contribution in [0.4, 0.5) is 0 Å². The molecule has 0 heterocycles. The first-order chi connectivity index (χ1) is 4.30. The number of allylic oxidation sites excluding steroid dienone is 5. The Bertz CT molecular complexity index is 169. The fourth-order valence-corrected chi connectivity index (χ4v) is 0.940. The number of hydrogen-bond donors (Lipinski definition) is 1. The number of hydrogen-bond acceptors (Lipinski definition) is 1. The largest absolute Gasteiger partial charge is 0.398 e. The molecule has 0 aromatic heterocycles. The van der Waals surface area contributed by atoms with Crippen LogP contribution < -0.4 is 5.73 Å². The van der Waals surface area contributed by atoms with E-state index in [2.05, 4.69) is 22.0 Å². The van der Waals surface area contributed by atoms with E-state index in [4.69, 9.17) is 5.73 Å². The number of nitrogens with two attached hydrogens (primary N) is 1. The minimum atomic E-state index is 0.795. The monoisotopic (exact) mass is 185 g/mol. The molecule has 0 aromatic rings. The Morgan fingerprint density at radius 3 is 2.78 bits per heavy atom. The molecule has 1 rings (SSSR count). The molecule has 2 heteroatoms. The lowest BCUT2D eigenvalue weighted by molar-refractivity contribution is 1.38. The van der Waals surface area contributed by atoms with Gasteiger partial charge in [0.2, 0.25) is 0 Å². The van der Waals surface area contributed by atoms with Gasteiger partial charge in [0.05, 0.1) is 0 Å². The molecule has 0 amide bonds. The van der Waals surface area contributed by atoms with Gasteiger partial charge in [-0.2, -0.15) is 0 Å². The smallest absolute Gasteiger partial charge is 0.0455 e. The summed E-state index contributed by atoms with van der Waals surface area (Å²) < 4.78 is 0.969. The average molecular weight is 186 g/mol. The zero-order valence-corrected chi connectivity index (χ0v) is 6.56. The Morgan fingerprint density at radius 2 is 2.00 bits per heavy atom. The second kappa shape index (κ2) is 2.87. The first kappa shape index (κ1) is 6.62. The van der Waals surface area contributed by atoms with Crippen molar-refractivity contribution >= 4 is 15.9 Å². The normalized spacial score (nSPS) is 18.3. The molecule has 0 fully saturated rings. The second-order valence-corrected chi connectivity index (χ2v) is 2.70. The van der Waals surface area contributed by atoms with Gasteiger partial charge in [0, 0.05) is 10.2 Å². The molecule has 0 spiro atoms. The van der Waals surface area contributed by atoms with E-state index < -0.39 is 0 Å². The average Bonchev–Trinajstić information content (AvgIpc) is 1.99. The van der Waals surface area contributed by atoms with Gasteiger partial charge in [-0.05, 0) is 34.5 Å². The van der Waals surface area contributed by atoms with E-state index in [1.54, 1.807) is 0 Å². The Morgan fingerprint density at radius 1 is 1.33 bits per heavy atom. The highest BCUT2D eigenvalue weighted by Crippen LogP contribution is 2.13. The van der Waals surface area contributed by atoms with Gasteiger partial charge in [0.1, 0.15) is 0 Å². The van der Waals surface area contributed by atoms with Crippen molar-refractivity contribution in [3.63, 3.8) is 0 Å². The van der Waals surface area contributed by atoms with Crippen LogP contribution in [0.5, 0.6) is 0 Å². The standard InChI is InChI=1S/C7H8BrN/c8-6-4-2-1-3-5-7(6)9/h2-5H,1,9H2. The molecule has 1 aliphatic rings. The van der Waals surface area contributed by atoms with Gasteiger partial charge < -0.3 is 5.73 Å². The summed E-state index contributed by atoms with van der Waals surface area (Å²) in [6.45, 7) is 0. The van der Waals surface area contributed by atoms with Crippen molar-refractivity contribution in [2.45, 2.75) is 6.42 Å². The molecule has 0 atom stereocenters. The fraction of sp³-hybridized carbons (Fsp3) is 0.143. The van der Waals surface area contributed by atoms with Crippen LogP contribution in [-0.4, -0.2) is 0 Å². The summed E-state index contributed by atoms with van der Waals surface area (Å²) in [4.78, 5) is 0. The summed E-state index contributed by atoms with van der Waals surface area (Å²) in [6, 6.07) is 0. The maximum Gasteiger partial charge on any atom is 0.0455 e. The summed E-state index contributed by atoms with van der Waals surface area (Å²) in [5.41, 5.74) is 6.37. The predicted octanol–water partition coefficient (Wildman–Crippen LogP) is 2.07. The van der Waals surface area contributed by atoms with Crippen LogP contribution in [0.3, 0.4) is 0 Å². The summed E-state index contributed by atoms with van der Waals surface area (Å²) in [7, 11) is 0. The van der Waals surface area contributed by atoms with Crippen molar-refractivity contribution in [2.75, 3.05) is 0 Å². The molecule has 0 bridgehead atoms. The fourth-order valence-electron chi connectivity index (χ4n) is 0.621. The highest BCUT2D eigenvalue weighted by molar-refractivity contribution is 9.11. The lowest BCUT2D eigenvalue weighted by Crippen LogP contribution is -1.92. The van der Waals surface area contributed by atoms with E-state index in [9.17, 15) is 0 Å². The van der Waals surface area contributed by atoms with E-state index in [0.717, 1.165) is 16.6 Å². The minimum Gasteiger partial charge on any atom is -0.398 e. The maximum atomic E-state index is 5.57. The lowest BCUT2D eigenvalue weighted by Gasteiger charge is -1.90. The van der Waals surface area contributed by atoms with E-state index in [1.807, 2.05) is 18.2 Å². The van der Waals surface area contributed by atoms with Crippen LogP contribution in [0.25, 0.3) is 0 Å². The molecular formula is C7H8BrN. The summed E-state index contributed by atoms with van der Waals surface area (Å²) in [5.74, 6) is 0. The Balaban J connectivity index is 2.90. The van der Waals surface area contributed by atoms with Crippen molar-refractivity contribution in [3.8, 4) is 0 Å². The topological polar surface area (TPSA) is 26.0 Å². The predicted molar refractivity (Wildman–Crippen MR) is 43.0 cm³/mol. The van der Waals surface area contributed by atoms with E-state index in [0.29, 0.717) is 0 Å². The molecule has 0 saturated heterocycles. The summed E-state index contributed by atoms with van der Waals surface area (Å²) in [5, 5.41) is 0. The van der Waals surface area contributed by atoms with Crippen molar-refractivity contribution in [2.24, 2.45) is 5.73 Å². The van der Waals surface area contributed by atoms with Crippen LogP contribution in [-0.2, 0) is 0 Å². The maximum absolute atomic E-state index is 5.57. The third kappa shape index (κ3) is 1.72. The first-order valence-corrected chi connectivity index (χ1v) is 3.58. The second-order valence-electron chi connectivity index (χ2n) is 1.84. The van der Waals surface area contributed by atoms with Gasteiger partial charge in [0.25, 0.3) is 0 Å². The van der Waals surface area contributed by atoms with Crippen LogP contribution in [0.15, 0.2) is 34.5 Å². The third-order valence-corrected chi connectivity index (χ3v) is 1.83. The van der Waals surface area contributed by atoms with Gasteiger partial charge >= 0.3 is 0 Å². The number of halogens is 1. The highest BCUT2D eigenvalue weighted by Gasteiger charge is 1.92. The summed E-state index contributed by atoms with van der Waals surface area (Å²) in [6.07, 6.45) is 8.93. The highest BCUT2D eigenvalue weighted by atomic mass is 79.9. The van der Waals surface area contributed by atoms with Gasteiger partial charge in [-0.25, -0.2) is 0 Å². The molecule has 0 aromatic carbocycles. The molecule has 1 aliphatic carbocycles. The molecule has 1 nitrogen and oxygen atoms in total. The molecular weight excluding hydrogens is 178 g/mol. The van der Waals surface area contributed by atoms with Crippen molar-refractivity contribution in [3.05, 3.63) is 34.5 Å². The third-order valence-electron chi connectivity index (χ3n) is 1.11.